The van der Waals surface area contributed by atoms with Gasteiger partial charge < -0.3 is 9.47 Å². The molecule has 1 aromatic rings. The van der Waals surface area contributed by atoms with Crippen molar-refractivity contribution in [2.45, 2.75) is 104 Å². The van der Waals surface area contributed by atoms with E-state index < -0.39 is 0 Å². The predicted octanol–water partition coefficient (Wildman–Crippen LogP) is 8.00. The van der Waals surface area contributed by atoms with Gasteiger partial charge in [0.05, 0.1) is 14.2 Å². The summed E-state index contributed by atoms with van der Waals surface area (Å²) in [5.41, 5.74) is 0.754. The van der Waals surface area contributed by atoms with Crippen LogP contribution >= 0.6 is 0 Å². The predicted molar refractivity (Wildman–Crippen MR) is 123 cm³/mol. The van der Waals surface area contributed by atoms with E-state index in [2.05, 4.69) is 13.8 Å². The Morgan fingerprint density at radius 2 is 1.21 bits per heavy atom. The zero-order valence-electron chi connectivity index (χ0n) is 19.4. The fraction of sp³-hybridized carbons (Fsp3) is 0.731. The number of ether oxygens (including phenoxy) is 2. The minimum Gasteiger partial charge on any atom is -0.493 e. The second kappa shape index (κ2) is 16.3. The molecule has 0 aliphatic rings. The van der Waals surface area contributed by atoms with Crippen LogP contribution in [0, 0.1) is 5.92 Å². The van der Waals surface area contributed by atoms with Crippen LogP contribution in [0.5, 0.6) is 11.5 Å². The number of ketones is 1. The van der Waals surface area contributed by atoms with Gasteiger partial charge in [-0.2, -0.15) is 0 Å². The lowest BCUT2D eigenvalue weighted by Gasteiger charge is -2.17. The third-order valence-electron chi connectivity index (χ3n) is 5.85. The van der Waals surface area contributed by atoms with Crippen molar-refractivity contribution in [3.63, 3.8) is 0 Å². The molecular weight excluding hydrogens is 360 g/mol. The molecule has 29 heavy (non-hydrogen) atoms. The topological polar surface area (TPSA) is 35.5 Å². The molecule has 0 aliphatic carbocycles. The molecule has 0 saturated carbocycles. The van der Waals surface area contributed by atoms with Crippen molar-refractivity contribution in [1.29, 1.82) is 0 Å². The highest BCUT2D eigenvalue weighted by Gasteiger charge is 2.21. The molecule has 0 spiro atoms. The number of unbranched alkanes of at least 4 members (excludes halogenated alkanes) is 10. The molecule has 3 nitrogen and oxygen atoms in total. The molecule has 1 rings (SSSR count). The van der Waals surface area contributed by atoms with E-state index in [0.29, 0.717) is 11.5 Å². The van der Waals surface area contributed by atoms with E-state index >= 15 is 0 Å². The van der Waals surface area contributed by atoms with Gasteiger partial charge in [0.2, 0.25) is 0 Å². The second-order valence-electron chi connectivity index (χ2n) is 8.24. The molecule has 0 aliphatic heterocycles. The Morgan fingerprint density at radius 1 is 0.724 bits per heavy atom. The second-order valence-corrected chi connectivity index (χ2v) is 8.24. The lowest BCUT2D eigenvalue weighted by molar-refractivity contribution is 0.0901. The monoisotopic (exact) mass is 404 g/mol. The van der Waals surface area contributed by atoms with E-state index in [9.17, 15) is 4.79 Å². The van der Waals surface area contributed by atoms with Crippen LogP contribution in [0.4, 0.5) is 0 Å². The van der Waals surface area contributed by atoms with E-state index in [1.54, 1.807) is 14.2 Å². The molecule has 0 heterocycles. The number of benzene rings is 1. The Morgan fingerprint density at radius 3 is 1.69 bits per heavy atom. The fourth-order valence-electron chi connectivity index (χ4n) is 3.97. The van der Waals surface area contributed by atoms with Gasteiger partial charge in [0.15, 0.2) is 17.3 Å². The highest BCUT2D eigenvalue weighted by Crippen LogP contribution is 2.30. The Bertz CT molecular complexity index is 553. The van der Waals surface area contributed by atoms with Crippen molar-refractivity contribution in [3.8, 4) is 11.5 Å². The largest absolute Gasteiger partial charge is 0.493 e. The fourth-order valence-corrected chi connectivity index (χ4v) is 3.97. The third kappa shape index (κ3) is 10.2. The number of methoxy groups -OCH3 is 2. The maximum atomic E-state index is 13.2. The average molecular weight is 405 g/mol. The van der Waals surface area contributed by atoms with E-state index in [0.717, 1.165) is 31.2 Å². The van der Waals surface area contributed by atoms with Gasteiger partial charge in [0.25, 0.3) is 0 Å². The average Bonchev–Trinajstić information content (AvgIpc) is 2.75. The SMILES string of the molecule is CCCCCCCCCC(CCCCCCC)C(=O)c1ccc(OC)c(OC)c1. The highest BCUT2D eigenvalue weighted by molar-refractivity contribution is 5.98. The normalized spacial score (nSPS) is 12.0. The standard InChI is InChI=1S/C26H44O3/c1-5-7-9-11-12-14-16-18-22(17-15-13-10-8-6-2)26(27)23-19-20-24(28-3)25(21-23)29-4/h19-22H,5-18H2,1-4H3. The number of carbonyl (C=O) groups is 1. The molecule has 1 atom stereocenters. The summed E-state index contributed by atoms with van der Waals surface area (Å²) in [6, 6.07) is 5.58. The van der Waals surface area contributed by atoms with E-state index in [1.807, 2.05) is 18.2 Å². The number of hydrogen-bond donors (Lipinski definition) is 0. The number of rotatable bonds is 18. The number of Topliss-reactive ketones (excluding diaryl/α,β-unsaturated/α-hetero) is 1. The van der Waals surface area contributed by atoms with Gasteiger partial charge in [0.1, 0.15) is 0 Å². The first-order chi connectivity index (χ1) is 14.2. The molecular formula is C26H44O3. The van der Waals surface area contributed by atoms with E-state index in [1.165, 1.54) is 64.2 Å². The smallest absolute Gasteiger partial charge is 0.166 e. The van der Waals surface area contributed by atoms with Crippen LogP contribution in [0.25, 0.3) is 0 Å². The van der Waals surface area contributed by atoms with Crippen LogP contribution in [0.2, 0.25) is 0 Å². The zero-order chi connectivity index (χ0) is 21.3. The van der Waals surface area contributed by atoms with Crippen molar-refractivity contribution < 1.29 is 14.3 Å². The molecule has 0 N–H and O–H groups in total. The molecule has 0 aromatic heterocycles. The van der Waals surface area contributed by atoms with Crippen molar-refractivity contribution in [2.75, 3.05) is 14.2 Å². The molecule has 1 aromatic carbocycles. The number of hydrogen-bond acceptors (Lipinski definition) is 3. The summed E-state index contributed by atoms with van der Waals surface area (Å²) in [6.07, 6.45) is 17.3. The molecule has 3 heteroatoms. The molecule has 0 saturated heterocycles. The quantitative estimate of drug-likeness (QED) is 0.184. The Balaban J connectivity index is 2.64. The van der Waals surface area contributed by atoms with Crippen LogP contribution in [-0.4, -0.2) is 20.0 Å². The molecule has 0 radical (unpaired) electrons. The number of carbonyl (C=O) groups excluding carboxylic acids is 1. The lowest BCUT2D eigenvalue weighted by Crippen LogP contribution is -2.15. The van der Waals surface area contributed by atoms with Gasteiger partial charge in [-0.25, -0.2) is 0 Å². The Hall–Kier alpha value is -1.51. The first-order valence-electron chi connectivity index (χ1n) is 11.9. The molecule has 1 unspecified atom stereocenters. The van der Waals surface area contributed by atoms with Gasteiger partial charge >= 0.3 is 0 Å². The summed E-state index contributed by atoms with van der Waals surface area (Å²) in [5.74, 6) is 1.71. The van der Waals surface area contributed by atoms with E-state index in [-0.39, 0.29) is 11.7 Å². The summed E-state index contributed by atoms with van der Waals surface area (Å²) in [7, 11) is 3.24. The summed E-state index contributed by atoms with van der Waals surface area (Å²) in [6.45, 7) is 4.49. The van der Waals surface area contributed by atoms with Crippen molar-refractivity contribution in [1.82, 2.24) is 0 Å². The maximum absolute atomic E-state index is 13.2. The van der Waals surface area contributed by atoms with Gasteiger partial charge in [-0.3, -0.25) is 4.79 Å². The third-order valence-corrected chi connectivity index (χ3v) is 5.85. The van der Waals surface area contributed by atoms with Gasteiger partial charge in [-0.15, -0.1) is 0 Å². The summed E-state index contributed by atoms with van der Waals surface area (Å²) in [4.78, 5) is 13.2. The van der Waals surface area contributed by atoms with Crippen LogP contribution in [0.1, 0.15) is 114 Å². The van der Waals surface area contributed by atoms with Gasteiger partial charge in [0, 0.05) is 11.5 Å². The molecule has 0 amide bonds. The van der Waals surface area contributed by atoms with Gasteiger partial charge in [-0.05, 0) is 31.0 Å². The van der Waals surface area contributed by atoms with Crippen LogP contribution in [0.3, 0.4) is 0 Å². The summed E-state index contributed by atoms with van der Waals surface area (Å²) in [5, 5.41) is 0. The zero-order valence-corrected chi connectivity index (χ0v) is 19.4. The van der Waals surface area contributed by atoms with Crippen molar-refractivity contribution >= 4 is 5.78 Å². The molecule has 0 fully saturated rings. The lowest BCUT2D eigenvalue weighted by atomic mass is 9.87. The van der Waals surface area contributed by atoms with Gasteiger partial charge in [-0.1, -0.05) is 90.9 Å². The maximum Gasteiger partial charge on any atom is 0.166 e. The summed E-state index contributed by atoms with van der Waals surface area (Å²) < 4.78 is 10.7. The minimum absolute atomic E-state index is 0.130. The minimum atomic E-state index is 0.130. The van der Waals surface area contributed by atoms with Crippen molar-refractivity contribution in [2.24, 2.45) is 5.92 Å². The first-order valence-corrected chi connectivity index (χ1v) is 11.9. The van der Waals surface area contributed by atoms with Crippen LogP contribution in [-0.2, 0) is 0 Å². The Labute approximate surface area is 179 Å². The van der Waals surface area contributed by atoms with Crippen LogP contribution in [0.15, 0.2) is 18.2 Å². The molecule has 166 valence electrons. The van der Waals surface area contributed by atoms with Crippen LogP contribution < -0.4 is 9.47 Å². The van der Waals surface area contributed by atoms with Crippen molar-refractivity contribution in [3.05, 3.63) is 23.8 Å². The molecule has 0 bridgehead atoms. The first kappa shape index (κ1) is 25.5. The van der Waals surface area contributed by atoms with E-state index in [4.69, 9.17) is 9.47 Å². The highest BCUT2D eigenvalue weighted by atomic mass is 16.5. The summed E-state index contributed by atoms with van der Waals surface area (Å²) >= 11 is 0. The Kier molecular flexibility index (Phi) is 14.4.